The van der Waals surface area contributed by atoms with Crippen LogP contribution in [-0.4, -0.2) is 50.0 Å². The van der Waals surface area contributed by atoms with E-state index in [1.807, 2.05) is 0 Å². The number of rotatable bonds is 6. The summed E-state index contributed by atoms with van der Waals surface area (Å²) in [6.07, 6.45) is 8.52. The highest BCUT2D eigenvalue weighted by molar-refractivity contribution is 5.61. The van der Waals surface area contributed by atoms with Crippen molar-refractivity contribution in [2.24, 2.45) is 11.8 Å². The highest BCUT2D eigenvalue weighted by Gasteiger charge is 2.72. The molecular weight excluding hydrogens is 410 g/mol. The van der Waals surface area contributed by atoms with Crippen molar-refractivity contribution in [3.63, 3.8) is 0 Å². The van der Waals surface area contributed by atoms with Crippen molar-refractivity contribution in [3.05, 3.63) is 59.2 Å². The molecule has 3 fully saturated rings. The fourth-order valence-corrected chi connectivity index (χ4v) is 8.37. The summed E-state index contributed by atoms with van der Waals surface area (Å²) in [5, 5.41) is 0. The summed E-state index contributed by atoms with van der Waals surface area (Å²) in [7, 11) is 4.11. The summed E-state index contributed by atoms with van der Waals surface area (Å²) in [6.45, 7) is 2.01. The van der Waals surface area contributed by atoms with Crippen molar-refractivity contribution >= 4 is 0 Å². The third-order valence-electron chi connectivity index (χ3n) is 9.96. The summed E-state index contributed by atoms with van der Waals surface area (Å²) in [5.41, 5.74) is 4.60. The van der Waals surface area contributed by atoms with E-state index in [-0.39, 0.29) is 17.1 Å². The second-order valence-corrected chi connectivity index (χ2v) is 11.2. The fraction of sp³-hybridized carbons (Fsp3) is 0.586. The molecule has 2 aromatic carbocycles. The van der Waals surface area contributed by atoms with Crippen molar-refractivity contribution in [2.45, 2.75) is 68.1 Å². The van der Waals surface area contributed by atoms with Crippen LogP contribution in [0.5, 0.6) is 11.5 Å². The molecule has 174 valence electrons. The van der Waals surface area contributed by atoms with Gasteiger partial charge in [0.1, 0.15) is 6.10 Å². The molecular formula is C29H35NO3. The maximum atomic E-state index is 6.95. The predicted molar refractivity (Wildman–Crippen MR) is 128 cm³/mol. The molecule has 3 heterocycles. The van der Waals surface area contributed by atoms with Crippen molar-refractivity contribution in [2.75, 3.05) is 27.3 Å². The summed E-state index contributed by atoms with van der Waals surface area (Å²) < 4.78 is 19.3. The normalized spacial score (nSPS) is 37.5. The van der Waals surface area contributed by atoms with Crippen molar-refractivity contribution in [1.29, 1.82) is 0 Å². The van der Waals surface area contributed by atoms with Gasteiger partial charge in [0.2, 0.25) is 0 Å². The molecule has 5 aliphatic rings. The third-order valence-corrected chi connectivity index (χ3v) is 9.96. The summed E-state index contributed by atoms with van der Waals surface area (Å²) in [4.78, 5) is 2.63. The van der Waals surface area contributed by atoms with E-state index in [0.717, 1.165) is 43.9 Å². The zero-order chi connectivity index (χ0) is 22.2. The first-order chi connectivity index (χ1) is 16.2. The molecule has 33 heavy (non-hydrogen) atoms. The predicted octanol–water partition coefficient (Wildman–Crippen LogP) is 4.77. The van der Waals surface area contributed by atoms with Crippen LogP contribution in [0.3, 0.4) is 0 Å². The van der Waals surface area contributed by atoms with Crippen LogP contribution in [0.15, 0.2) is 42.5 Å². The number of hydrogen-bond donors (Lipinski definition) is 0. The van der Waals surface area contributed by atoms with Crippen LogP contribution in [0.4, 0.5) is 0 Å². The largest absolute Gasteiger partial charge is 0.493 e. The maximum absolute atomic E-state index is 6.95. The molecule has 6 atom stereocenters. The third kappa shape index (κ3) is 2.65. The second kappa shape index (κ2) is 7.23. The topological polar surface area (TPSA) is 30.9 Å². The van der Waals surface area contributed by atoms with Crippen molar-refractivity contribution in [1.82, 2.24) is 4.90 Å². The second-order valence-electron chi connectivity index (χ2n) is 11.2. The van der Waals surface area contributed by atoms with E-state index in [9.17, 15) is 0 Å². The van der Waals surface area contributed by atoms with Crippen LogP contribution in [0, 0.1) is 11.8 Å². The van der Waals surface area contributed by atoms with Crippen LogP contribution < -0.4 is 9.47 Å². The standard InChI is InChI=1S/C29H35NO3/c1-30-15-14-29-21-17-28(13-7-6-10-19-8-4-3-5-9-19)22(18-32-28)27(29)33-26-24(31-2)12-11-20(25(26)29)16-23(21)30/h3-5,8-9,11-12,21-23,27H,6-7,10,13-18H2,1-2H3/t21-,22+,23+,27-,28-,29-/m0/s1. The number of benzene rings is 2. The average Bonchev–Trinajstić information content (AvgIpc) is 3.15. The molecule has 1 saturated carbocycles. The first kappa shape index (κ1) is 20.3. The van der Waals surface area contributed by atoms with Crippen LogP contribution in [-0.2, 0) is 23.0 Å². The van der Waals surface area contributed by atoms with Crippen LogP contribution in [0.2, 0.25) is 0 Å². The molecule has 2 saturated heterocycles. The number of unbranched alkanes of at least 4 members (excludes halogenated alkanes) is 1. The van der Waals surface area contributed by atoms with E-state index < -0.39 is 0 Å². The molecule has 7 rings (SSSR count). The van der Waals surface area contributed by atoms with E-state index >= 15 is 0 Å². The Kier molecular flexibility index (Phi) is 4.46. The molecule has 0 N–H and O–H groups in total. The number of likely N-dealkylation sites (tertiary alicyclic amines) is 1. The van der Waals surface area contributed by atoms with Gasteiger partial charge in [0, 0.05) is 22.9 Å². The molecule has 2 bridgehead atoms. The SMILES string of the molecule is COc1ccc2c3c1O[C@H]1[C@H]4CO[C@@]4(CCCCc4ccccc4)C[C@H]4[C@@H](C2)N(C)CC[C@@]341. The quantitative estimate of drug-likeness (QED) is 0.599. The Balaban J connectivity index is 1.20. The highest BCUT2D eigenvalue weighted by Crippen LogP contribution is 2.69. The number of likely N-dealkylation sites (N-methyl/N-ethyl adjacent to an activating group) is 1. The molecule has 1 spiro atoms. The Morgan fingerprint density at radius 3 is 2.76 bits per heavy atom. The Hall–Kier alpha value is -2.04. The molecule has 4 nitrogen and oxygen atoms in total. The lowest BCUT2D eigenvalue weighted by Crippen LogP contribution is -2.75. The number of hydrogen-bond acceptors (Lipinski definition) is 4. The smallest absolute Gasteiger partial charge is 0.165 e. The number of ether oxygens (including phenoxy) is 3. The zero-order valence-corrected chi connectivity index (χ0v) is 19.9. The lowest BCUT2D eigenvalue weighted by molar-refractivity contribution is -0.286. The minimum absolute atomic E-state index is 0.00126. The van der Waals surface area contributed by atoms with E-state index in [4.69, 9.17) is 14.2 Å². The molecule has 0 radical (unpaired) electrons. The van der Waals surface area contributed by atoms with Gasteiger partial charge >= 0.3 is 0 Å². The van der Waals surface area contributed by atoms with Gasteiger partial charge in [0.15, 0.2) is 11.5 Å². The first-order valence-corrected chi connectivity index (χ1v) is 12.9. The number of piperidine rings is 1. The van der Waals surface area contributed by atoms with Gasteiger partial charge in [-0.05, 0) is 75.2 Å². The van der Waals surface area contributed by atoms with Crippen LogP contribution >= 0.6 is 0 Å². The molecule has 0 amide bonds. The van der Waals surface area contributed by atoms with Gasteiger partial charge in [-0.2, -0.15) is 0 Å². The number of nitrogens with zero attached hydrogens (tertiary/aromatic N) is 1. The minimum Gasteiger partial charge on any atom is -0.493 e. The van der Waals surface area contributed by atoms with Gasteiger partial charge in [0.25, 0.3) is 0 Å². The van der Waals surface area contributed by atoms with E-state index in [1.165, 1.54) is 42.4 Å². The Labute approximate surface area is 197 Å². The Morgan fingerprint density at radius 1 is 1.09 bits per heavy atom. The lowest BCUT2D eigenvalue weighted by Gasteiger charge is -2.67. The summed E-state index contributed by atoms with van der Waals surface area (Å²) in [6, 6.07) is 15.9. The van der Waals surface area contributed by atoms with E-state index in [1.54, 1.807) is 7.11 Å². The fourth-order valence-electron chi connectivity index (χ4n) is 8.37. The van der Waals surface area contributed by atoms with E-state index in [0.29, 0.717) is 17.9 Å². The maximum Gasteiger partial charge on any atom is 0.165 e. The highest BCUT2D eigenvalue weighted by atomic mass is 16.6. The lowest BCUT2D eigenvalue weighted by atomic mass is 9.45. The van der Waals surface area contributed by atoms with E-state index in [2.05, 4.69) is 54.4 Å². The van der Waals surface area contributed by atoms with Gasteiger partial charge in [-0.15, -0.1) is 0 Å². The number of fused-ring (bicyclic) bond motifs is 2. The molecule has 0 unspecified atom stereocenters. The van der Waals surface area contributed by atoms with Gasteiger partial charge in [-0.1, -0.05) is 42.8 Å². The zero-order valence-electron chi connectivity index (χ0n) is 19.9. The summed E-state index contributed by atoms with van der Waals surface area (Å²) >= 11 is 0. The molecule has 0 aromatic heterocycles. The van der Waals surface area contributed by atoms with Gasteiger partial charge in [0.05, 0.1) is 19.3 Å². The summed E-state index contributed by atoms with van der Waals surface area (Å²) in [5.74, 6) is 3.08. The Morgan fingerprint density at radius 2 is 1.97 bits per heavy atom. The van der Waals surface area contributed by atoms with Gasteiger partial charge < -0.3 is 19.1 Å². The number of aryl methyl sites for hydroxylation is 1. The molecule has 3 aliphatic heterocycles. The van der Waals surface area contributed by atoms with Crippen LogP contribution in [0.1, 0.15) is 48.8 Å². The number of methoxy groups -OCH3 is 1. The van der Waals surface area contributed by atoms with Crippen molar-refractivity contribution in [3.8, 4) is 11.5 Å². The molecule has 2 aromatic rings. The first-order valence-electron chi connectivity index (χ1n) is 12.9. The Bertz CT molecular complexity index is 1070. The van der Waals surface area contributed by atoms with Gasteiger partial charge in [-0.25, -0.2) is 0 Å². The monoisotopic (exact) mass is 445 g/mol. The van der Waals surface area contributed by atoms with Crippen LogP contribution in [0.25, 0.3) is 0 Å². The van der Waals surface area contributed by atoms with Gasteiger partial charge in [-0.3, -0.25) is 0 Å². The van der Waals surface area contributed by atoms with Crippen molar-refractivity contribution < 1.29 is 14.2 Å². The molecule has 4 heteroatoms. The minimum atomic E-state index is -0.00126. The average molecular weight is 446 g/mol. The molecule has 2 aliphatic carbocycles.